The van der Waals surface area contributed by atoms with Gasteiger partial charge in [-0.1, -0.05) is 12.1 Å². The van der Waals surface area contributed by atoms with Crippen LogP contribution in [0.15, 0.2) is 36.5 Å². The molecule has 1 atom stereocenters. The number of hydrogen-bond donors (Lipinski definition) is 1. The van der Waals surface area contributed by atoms with Gasteiger partial charge in [-0.05, 0) is 43.2 Å². The number of hydrogen-bond acceptors (Lipinski definition) is 4. The summed E-state index contributed by atoms with van der Waals surface area (Å²) in [5.41, 5.74) is 2.62. The molecule has 2 aromatic rings. The Bertz CT molecular complexity index is 819. The standard InChI is InChI=1S/C19H21N3O3/c1-12-6-7-16(25-3)15(9-12)22-11-14(10-17(22)23)19(24)21-18-13(2)5-4-8-20-18/h4-9,14H,10-11H2,1-3H3,(H,20,21,24)/t14-/m1/s1. The van der Waals surface area contributed by atoms with E-state index in [4.69, 9.17) is 4.74 Å². The molecule has 0 saturated carbocycles. The van der Waals surface area contributed by atoms with Crippen LogP contribution in [0.1, 0.15) is 17.5 Å². The number of anilines is 2. The van der Waals surface area contributed by atoms with Crippen molar-refractivity contribution in [3.05, 3.63) is 47.7 Å². The molecule has 1 aromatic heterocycles. The number of amides is 2. The molecule has 6 nitrogen and oxygen atoms in total. The highest BCUT2D eigenvalue weighted by atomic mass is 16.5. The molecule has 0 radical (unpaired) electrons. The van der Waals surface area contributed by atoms with Crippen LogP contribution in [0.5, 0.6) is 5.75 Å². The summed E-state index contributed by atoms with van der Waals surface area (Å²) < 4.78 is 5.36. The summed E-state index contributed by atoms with van der Waals surface area (Å²) >= 11 is 0. The Kier molecular flexibility index (Phi) is 4.70. The average molecular weight is 339 g/mol. The molecule has 1 N–H and O–H groups in total. The number of carbonyl (C=O) groups excluding carboxylic acids is 2. The van der Waals surface area contributed by atoms with Gasteiger partial charge in [0.2, 0.25) is 11.8 Å². The number of carbonyl (C=O) groups is 2. The van der Waals surface area contributed by atoms with Crippen molar-refractivity contribution in [1.82, 2.24) is 4.98 Å². The topological polar surface area (TPSA) is 71.5 Å². The normalized spacial score (nSPS) is 16.8. The third kappa shape index (κ3) is 3.47. The van der Waals surface area contributed by atoms with Gasteiger partial charge < -0.3 is 15.0 Å². The Balaban J connectivity index is 1.78. The molecular formula is C19H21N3O3. The van der Waals surface area contributed by atoms with Gasteiger partial charge in [-0.15, -0.1) is 0 Å². The molecule has 0 aliphatic carbocycles. The van der Waals surface area contributed by atoms with Gasteiger partial charge in [-0.2, -0.15) is 0 Å². The number of nitrogens with one attached hydrogen (secondary N) is 1. The highest BCUT2D eigenvalue weighted by Gasteiger charge is 2.36. The molecule has 25 heavy (non-hydrogen) atoms. The van der Waals surface area contributed by atoms with Crippen LogP contribution in [-0.4, -0.2) is 30.5 Å². The van der Waals surface area contributed by atoms with Crippen LogP contribution in [-0.2, 0) is 9.59 Å². The maximum Gasteiger partial charge on any atom is 0.230 e. The first-order valence-electron chi connectivity index (χ1n) is 8.17. The maximum atomic E-state index is 12.5. The first-order chi connectivity index (χ1) is 12.0. The fourth-order valence-corrected chi connectivity index (χ4v) is 2.96. The smallest absolute Gasteiger partial charge is 0.230 e. The van der Waals surface area contributed by atoms with E-state index in [1.807, 2.05) is 44.2 Å². The van der Waals surface area contributed by atoms with Crippen molar-refractivity contribution in [3.63, 3.8) is 0 Å². The van der Waals surface area contributed by atoms with Gasteiger partial charge in [0.15, 0.2) is 0 Å². The van der Waals surface area contributed by atoms with Gasteiger partial charge in [0.25, 0.3) is 0 Å². The molecule has 1 saturated heterocycles. The third-order valence-corrected chi connectivity index (χ3v) is 4.37. The second kappa shape index (κ2) is 6.93. The molecule has 3 rings (SSSR count). The average Bonchev–Trinajstić information content (AvgIpc) is 2.98. The second-order valence-corrected chi connectivity index (χ2v) is 6.24. The Hall–Kier alpha value is -2.89. The first kappa shape index (κ1) is 17.0. The lowest BCUT2D eigenvalue weighted by Crippen LogP contribution is -2.28. The summed E-state index contributed by atoms with van der Waals surface area (Å²) in [6.07, 6.45) is 1.81. The number of nitrogens with zero attached hydrogens (tertiary/aromatic N) is 2. The minimum absolute atomic E-state index is 0.0817. The number of pyridine rings is 1. The first-order valence-corrected chi connectivity index (χ1v) is 8.17. The largest absolute Gasteiger partial charge is 0.495 e. The Morgan fingerprint density at radius 3 is 2.84 bits per heavy atom. The van der Waals surface area contributed by atoms with Crippen LogP contribution in [0.3, 0.4) is 0 Å². The van der Waals surface area contributed by atoms with Crippen LogP contribution in [0.4, 0.5) is 11.5 Å². The zero-order valence-electron chi connectivity index (χ0n) is 14.6. The highest BCUT2D eigenvalue weighted by Crippen LogP contribution is 2.34. The van der Waals surface area contributed by atoms with E-state index in [9.17, 15) is 9.59 Å². The van der Waals surface area contributed by atoms with Crippen LogP contribution in [0.25, 0.3) is 0 Å². The van der Waals surface area contributed by atoms with Gasteiger partial charge in [0.05, 0.1) is 18.7 Å². The SMILES string of the molecule is COc1ccc(C)cc1N1C[C@H](C(=O)Nc2ncccc2C)CC1=O. The molecule has 1 aliphatic rings. The minimum Gasteiger partial charge on any atom is -0.495 e. The molecule has 6 heteroatoms. The van der Waals surface area contributed by atoms with E-state index in [1.165, 1.54) is 0 Å². The molecule has 0 unspecified atom stereocenters. The van der Waals surface area contributed by atoms with Crippen molar-refractivity contribution in [2.75, 3.05) is 23.9 Å². The summed E-state index contributed by atoms with van der Waals surface area (Å²) in [6.45, 7) is 4.17. The third-order valence-electron chi connectivity index (χ3n) is 4.37. The lowest BCUT2D eigenvalue weighted by molar-refractivity contribution is -0.122. The van der Waals surface area contributed by atoms with E-state index in [1.54, 1.807) is 18.2 Å². The molecule has 1 aromatic carbocycles. The number of benzene rings is 1. The van der Waals surface area contributed by atoms with Crippen molar-refractivity contribution in [2.45, 2.75) is 20.3 Å². The molecule has 1 fully saturated rings. The number of methoxy groups -OCH3 is 1. The number of ether oxygens (including phenoxy) is 1. The van der Waals surface area contributed by atoms with Crippen LogP contribution >= 0.6 is 0 Å². The molecular weight excluding hydrogens is 318 g/mol. The van der Waals surface area contributed by atoms with Crippen LogP contribution in [0, 0.1) is 19.8 Å². The fourth-order valence-electron chi connectivity index (χ4n) is 2.96. The predicted molar refractivity (Wildman–Crippen MR) is 95.8 cm³/mol. The predicted octanol–water partition coefficient (Wildman–Crippen LogP) is 2.70. The van der Waals surface area contributed by atoms with E-state index in [2.05, 4.69) is 10.3 Å². The van der Waals surface area contributed by atoms with Crippen molar-refractivity contribution >= 4 is 23.3 Å². The molecule has 2 amide bonds. The number of aryl methyl sites for hydroxylation is 2. The Labute approximate surface area is 146 Å². The zero-order chi connectivity index (χ0) is 18.0. The fraction of sp³-hybridized carbons (Fsp3) is 0.316. The molecule has 1 aliphatic heterocycles. The summed E-state index contributed by atoms with van der Waals surface area (Å²) in [6, 6.07) is 9.36. The summed E-state index contributed by atoms with van der Waals surface area (Å²) in [5.74, 6) is 0.470. The van der Waals surface area contributed by atoms with Crippen molar-refractivity contribution in [2.24, 2.45) is 5.92 Å². The zero-order valence-corrected chi connectivity index (χ0v) is 14.6. The second-order valence-electron chi connectivity index (χ2n) is 6.24. The van der Waals surface area contributed by atoms with E-state index >= 15 is 0 Å². The summed E-state index contributed by atoms with van der Waals surface area (Å²) in [4.78, 5) is 30.8. The van der Waals surface area contributed by atoms with Gasteiger partial charge in [0.1, 0.15) is 11.6 Å². The van der Waals surface area contributed by atoms with Gasteiger partial charge in [-0.25, -0.2) is 4.98 Å². The highest BCUT2D eigenvalue weighted by molar-refractivity contribution is 6.04. The summed E-state index contributed by atoms with van der Waals surface area (Å²) in [7, 11) is 1.57. The van der Waals surface area contributed by atoms with Gasteiger partial charge in [0, 0.05) is 19.2 Å². The monoisotopic (exact) mass is 339 g/mol. The lowest BCUT2D eigenvalue weighted by Gasteiger charge is -2.20. The van der Waals surface area contributed by atoms with E-state index in [0.29, 0.717) is 23.8 Å². The minimum atomic E-state index is -0.417. The van der Waals surface area contributed by atoms with E-state index < -0.39 is 5.92 Å². The molecule has 2 heterocycles. The van der Waals surface area contributed by atoms with E-state index in [-0.39, 0.29) is 18.2 Å². The van der Waals surface area contributed by atoms with Crippen molar-refractivity contribution < 1.29 is 14.3 Å². The van der Waals surface area contributed by atoms with Gasteiger partial charge >= 0.3 is 0 Å². The van der Waals surface area contributed by atoms with Crippen molar-refractivity contribution in [1.29, 1.82) is 0 Å². The molecule has 0 bridgehead atoms. The number of rotatable bonds is 4. The maximum absolute atomic E-state index is 12.5. The lowest BCUT2D eigenvalue weighted by atomic mass is 10.1. The molecule has 130 valence electrons. The number of aromatic nitrogens is 1. The van der Waals surface area contributed by atoms with Gasteiger partial charge in [-0.3, -0.25) is 9.59 Å². The van der Waals surface area contributed by atoms with Crippen LogP contribution < -0.4 is 15.0 Å². The van der Waals surface area contributed by atoms with Crippen LogP contribution in [0.2, 0.25) is 0 Å². The molecule has 0 spiro atoms. The Morgan fingerprint density at radius 2 is 2.12 bits per heavy atom. The quantitative estimate of drug-likeness (QED) is 0.930. The van der Waals surface area contributed by atoms with E-state index in [0.717, 1.165) is 11.1 Å². The summed E-state index contributed by atoms with van der Waals surface area (Å²) in [5, 5.41) is 2.82. The Morgan fingerprint density at radius 1 is 1.32 bits per heavy atom. The van der Waals surface area contributed by atoms with Crippen molar-refractivity contribution in [3.8, 4) is 5.75 Å².